The Morgan fingerprint density at radius 1 is 0.395 bits per heavy atom. The molecular formula is C40H25N3. The molecule has 0 aliphatic rings. The minimum absolute atomic E-state index is 0.709. The molecule has 0 bridgehead atoms. The summed E-state index contributed by atoms with van der Waals surface area (Å²) >= 11 is 0. The van der Waals surface area contributed by atoms with Gasteiger partial charge in [-0.1, -0.05) is 133 Å². The van der Waals surface area contributed by atoms with Gasteiger partial charge in [0.1, 0.15) is 5.82 Å². The quantitative estimate of drug-likeness (QED) is 0.206. The molecule has 2 heterocycles. The average molecular weight is 548 g/mol. The maximum atomic E-state index is 5.19. The zero-order valence-electron chi connectivity index (χ0n) is 23.3. The van der Waals surface area contributed by atoms with Crippen LogP contribution in [-0.4, -0.2) is 14.5 Å². The third-order valence-corrected chi connectivity index (χ3v) is 8.58. The SMILES string of the molecule is c1ccc(-c2cc(-n3c4ccccc4c4c5ccc6ccc7ccccc7c6c5ccc43)nc(-c3ccccc3)n2)cc1. The lowest BCUT2D eigenvalue weighted by Crippen LogP contribution is -2.02. The van der Waals surface area contributed by atoms with Crippen molar-refractivity contribution in [3.05, 3.63) is 152 Å². The molecule has 2 aromatic heterocycles. The Morgan fingerprint density at radius 2 is 1.02 bits per heavy atom. The molecular weight excluding hydrogens is 522 g/mol. The number of rotatable bonds is 3. The van der Waals surface area contributed by atoms with E-state index in [-0.39, 0.29) is 0 Å². The second kappa shape index (κ2) is 9.37. The lowest BCUT2D eigenvalue weighted by atomic mass is 9.94. The molecule has 9 rings (SSSR count). The van der Waals surface area contributed by atoms with Crippen LogP contribution in [0, 0.1) is 0 Å². The van der Waals surface area contributed by atoms with E-state index in [0.29, 0.717) is 5.82 Å². The fraction of sp³-hybridized carbons (Fsp3) is 0. The molecule has 0 amide bonds. The monoisotopic (exact) mass is 547 g/mol. The Morgan fingerprint density at radius 3 is 1.86 bits per heavy atom. The van der Waals surface area contributed by atoms with Gasteiger partial charge in [0.15, 0.2) is 5.82 Å². The minimum atomic E-state index is 0.709. The molecule has 9 aromatic rings. The van der Waals surface area contributed by atoms with Gasteiger partial charge in [-0.25, -0.2) is 9.97 Å². The lowest BCUT2D eigenvalue weighted by Gasteiger charge is -2.13. The van der Waals surface area contributed by atoms with Gasteiger partial charge in [-0.05, 0) is 44.5 Å². The van der Waals surface area contributed by atoms with Crippen molar-refractivity contribution in [1.29, 1.82) is 0 Å². The summed E-state index contributed by atoms with van der Waals surface area (Å²) in [5.74, 6) is 1.56. The van der Waals surface area contributed by atoms with Crippen LogP contribution in [0.3, 0.4) is 0 Å². The highest BCUT2D eigenvalue weighted by Gasteiger charge is 2.19. The van der Waals surface area contributed by atoms with Crippen LogP contribution >= 0.6 is 0 Å². The van der Waals surface area contributed by atoms with Crippen LogP contribution in [0.2, 0.25) is 0 Å². The van der Waals surface area contributed by atoms with E-state index < -0.39 is 0 Å². The minimum Gasteiger partial charge on any atom is -0.294 e. The van der Waals surface area contributed by atoms with Gasteiger partial charge >= 0.3 is 0 Å². The molecule has 0 fully saturated rings. The molecule has 3 nitrogen and oxygen atoms in total. The van der Waals surface area contributed by atoms with Crippen molar-refractivity contribution in [2.75, 3.05) is 0 Å². The molecule has 0 atom stereocenters. The Labute approximate surface area is 248 Å². The van der Waals surface area contributed by atoms with Crippen LogP contribution < -0.4 is 0 Å². The highest BCUT2D eigenvalue weighted by Crippen LogP contribution is 2.41. The predicted molar refractivity (Wildman–Crippen MR) is 180 cm³/mol. The van der Waals surface area contributed by atoms with Crippen molar-refractivity contribution in [1.82, 2.24) is 14.5 Å². The molecule has 3 heteroatoms. The van der Waals surface area contributed by atoms with Gasteiger partial charge in [0.2, 0.25) is 0 Å². The van der Waals surface area contributed by atoms with Gasteiger partial charge in [-0.15, -0.1) is 0 Å². The van der Waals surface area contributed by atoms with Crippen molar-refractivity contribution in [3.8, 4) is 28.5 Å². The highest BCUT2D eigenvalue weighted by atomic mass is 15.1. The first-order chi connectivity index (χ1) is 21.3. The van der Waals surface area contributed by atoms with Gasteiger partial charge in [0.05, 0.1) is 16.7 Å². The average Bonchev–Trinajstić information content (AvgIpc) is 3.43. The summed E-state index contributed by atoms with van der Waals surface area (Å²) in [5.41, 5.74) is 5.21. The summed E-state index contributed by atoms with van der Waals surface area (Å²) in [6.07, 6.45) is 0. The van der Waals surface area contributed by atoms with Crippen molar-refractivity contribution in [2.24, 2.45) is 0 Å². The Kier molecular flexibility index (Phi) is 5.20. The number of hydrogen-bond acceptors (Lipinski definition) is 2. The molecule has 0 radical (unpaired) electrons. The zero-order valence-corrected chi connectivity index (χ0v) is 23.3. The number of benzene rings is 7. The summed E-state index contributed by atoms with van der Waals surface area (Å²) in [5, 5.41) is 10.1. The van der Waals surface area contributed by atoms with E-state index in [1.807, 2.05) is 24.3 Å². The van der Waals surface area contributed by atoms with Gasteiger partial charge in [0, 0.05) is 28.0 Å². The smallest absolute Gasteiger partial charge is 0.162 e. The van der Waals surface area contributed by atoms with Gasteiger partial charge in [-0.2, -0.15) is 0 Å². The van der Waals surface area contributed by atoms with E-state index in [2.05, 4.69) is 132 Å². The summed E-state index contributed by atoms with van der Waals surface area (Å²) in [6, 6.07) is 53.6. The molecule has 0 unspecified atom stereocenters. The van der Waals surface area contributed by atoms with Crippen LogP contribution in [-0.2, 0) is 0 Å². The second-order valence-electron chi connectivity index (χ2n) is 11.0. The summed E-state index contributed by atoms with van der Waals surface area (Å²) in [4.78, 5) is 10.2. The van der Waals surface area contributed by atoms with Crippen LogP contribution in [0.5, 0.6) is 0 Å². The number of para-hydroxylation sites is 1. The molecule has 0 aliphatic carbocycles. The van der Waals surface area contributed by atoms with Crippen molar-refractivity contribution in [3.63, 3.8) is 0 Å². The van der Waals surface area contributed by atoms with E-state index in [9.17, 15) is 0 Å². The Bertz CT molecular complexity index is 2440. The molecule has 0 saturated carbocycles. The maximum absolute atomic E-state index is 5.19. The van der Waals surface area contributed by atoms with Gasteiger partial charge in [0.25, 0.3) is 0 Å². The van der Waals surface area contributed by atoms with E-state index in [0.717, 1.165) is 33.7 Å². The van der Waals surface area contributed by atoms with Gasteiger partial charge < -0.3 is 0 Å². The van der Waals surface area contributed by atoms with Crippen LogP contribution in [0.4, 0.5) is 0 Å². The van der Waals surface area contributed by atoms with Crippen molar-refractivity contribution < 1.29 is 0 Å². The molecule has 0 aliphatic heterocycles. The number of fused-ring (bicyclic) bond motifs is 9. The van der Waals surface area contributed by atoms with Crippen molar-refractivity contribution in [2.45, 2.75) is 0 Å². The molecule has 0 N–H and O–H groups in total. The molecule has 7 aromatic carbocycles. The third-order valence-electron chi connectivity index (χ3n) is 8.58. The standard InChI is InChI=1S/C40H25N3/c1-3-12-27(13-4-1)34-25-37(42-40(41-34)29-14-5-2-6-15-29)43-35-18-10-9-17-33(35)39-32-22-21-28-20-19-26-11-7-8-16-30(26)38(28)31(32)23-24-36(39)43/h1-25H. The maximum Gasteiger partial charge on any atom is 0.162 e. The molecule has 0 spiro atoms. The van der Waals surface area contributed by atoms with E-state index in [4.69, 9.17) is 9.97 Å². The molecule has 200 valence electrons. The molecule has 0 saturated heterocycles. The second-order valence-corrected chi connectivity index (χ2v) is 11.0. The summed E-state index contributed by atoms with van der Waals surface area (Å²) < 4.78 is 2.30. The predicted octanol–water partition coefficient (Wildman–Crippen LogP) is 10.4. The van der Waals surface area contributed by atoms with Crippen LogP contribution in [0.15, 0.2) is 152 Å². The van der Waals surface area contributed by atoms with Gasteiger partial charge in [-0.3, -0.25) is 4.57 Å². The van der Waals surface area contributed by atoms with Crippen LogP contribution in [0.25, 0.3) is 82.6 Å². The lowest BCUT2D eigenvalue weighted by molar-refractivity contribution is 1.05. The zero-order chi connectivity index (χ0) is 28.3. The Hall–Kier alpha value is -5.80. The first kappa shape index (κ1) is 23.9. The number of aromatic nitrogens is 3. The fourth-order valence-corrected chi connectivity index (χ4v) is 6.65. The first-order valence-electron chi connectivity index (χ1n) is 14.6. The highest BCUT2D eigenvalue weighted by molar-refractivity contribution is 6.29. The fourth-order valence-electron chi connectivity index (χ4n) is 6.65. The number of hydrogen-bond donors (Lipinski definition) is 0. The van der Waals surface area contributed by atoms with Crippen molar-refractivity contribution >= 4 is 54.1 Å². The Balaban J connectivity index is 1.40. The molecule has 43 heavy (non-hydrogen) atoms. The van der Waals surface area contributed by atoms with E-state index in [1.165, 1.54) is 43.1 Å². The topological polar surface area (TPSA) is 30.7 Å². The first-order valence-corrected chi connectivity index (χ1v) is 14.6. The number of nitrogens with zero attached hydrogens (tertiary/aromatic N) is 3. The summed E-state index contributed by atoms with van der Waals surface area (Å²) in [6.45, 7) is 0. The largest absolute Gasteiger partial charge is 0.294 e. The van der Waals surface area contributed by atoms with E-state index >= 15 is 0 Å². The van der Waals surface area contributed by atoms with Crippen LogP contribution in [0.1, 0.15) is 0 Å². The van der Waals surface area contributed by atoms with E-state index in [1.54, 1.807) is 0 Å². The third kappa shape index (κ3) is 3.68. The summed E-state index contributed by atoms with van der Waals surface area (Å²) in [7, 11) is 0. The normalized spacial score (nSPS) is 11.7.